The second-order valence-electron chi connectivity index (χ2n) is 5.07. The fraction of sp³-hybridized carbons (Fsp3) is 0.750. The average Bonchev–Trinajstić information content (AvgIpc) is 2.52. The summed E-state index contributed by atoms with van der Waals surface area (Å²) in [6, 6.07) is 0. The lowest BCUT2D eigenvalue weighted by Gasteiger charge is -2.11. The highest BCUT2D eigenvalue weighted by atomic mass is 32.2. The molecule has 6 heteroatoms. The van der Waals surface area contributed by atoms with E-state index in [1.165, 1.54) is 37.4 Å². The van der Waals surface area contributed by atoms with E-state index in [4.69, 9.17) is 5.26 Å². The van der Waals surface area contributed by atoms with Gasteiger partial charge in [-0.2, -0.15) is 5.26 Å². The zero-order valence-corrected chi connectivity index (χ0v) is 15.0. The molecule has 0 aliphatic carbocycles. The maximum Gasteiger partial charge on any atom is 0.133 e. The van der Waals surface area contributed by atoms with Gasteiger partial charge in [0.15, 0.2) is 0 Å². The standard InChI is InChI=1S/C16H28N4S2/c1-16(19-11-7-3-2-6-10-18-15-21)20-12-8-4-5-9-13-22-14-17/h19-20H,1-13H2. The van der Waals surface area contributed by atoms with Crippen molar-refractivity contribution in [2.24, 2.45) is 4.99 Å². The molecule has 0 aromatic heterocycles. The van der Waals surface area contributed by atoms with Crippen molar-refractivity contribution in [3.8, 4) is 5.40 Å². The van der Waals surface area contributed by atoms with Gasteiger partial charge in [-0.3, -0.25) is 0 Å². The van der Waals surface area contributed by atoms with E-state index < -0.39 is 0 Å². The number of rotatable bonds is 16. The molecule has 4 nitrogen and oxygen atoms in total. The van der Waals surface area contributed by atoms with Gasteiger partial charge in [0.25, 0.3) is 0 Å². The minimum atomic E-state index is 0.806. The summed E-state index contributed by atoms with van der Waals surface area (Å²) >= 11 is 5.87. The molecular weight excluding hydrogens is 312 g/mol. The molecule has 0 rings (SSSR count). The van der Waals surface area contributed by atoms with E-state index in [1.807, 2.05) is 0 Å². The highest BCUT2D eigenvalue weighted by molar-refractivity contribution is 8.03. The van der Waals surface area contributed by atoms with Crippen molar-refractivity contribution in [1.29, 1.82) is 5.26 Å². The highest BCUT2D eigenvalue weighted by Crippen LogP contribution is 2.05. The first-order valence-electron chi connectivity index (χ1n) is 8.02. The summed E-state index contributed by atoms with van der Waals surface area (Å²) in [5.41, 5.74) is 0. The van der Waals surface area contributed by atoms with Crippen molar-refractivity contribution < 1.29 is 0 Å². The Morgan fingerprint density at radius 1 is 1.00 bits per heavy atom. The summed E-state index contributed by atoms with van der Waals surface area (Å²) in [5, 5.41) is 19.5. The second kappa shape index (κ2) is 18.0. The average molecular weight is 341 g/mol. The molecule has 0 bridgehead atoms. The molecule has 22 heavy (non-hydrogen) atoms. The number of hydrogen-bond donors (Lipinski definition) is 2. The maximum atomic E-state index is 8.40. The van der Waals surface area contributed by atoms with Crippen molar-refractivity contribution >= 4 is 29.1 Å². The lowest BCUT2D eigenvalue weighted by Crippen LogP contribution is -2.27. The molecule has 0 aromatic carbocycles. The molecule has 124 valence electrons. The molecule has 0 saturated carbocycles. The Bertz CT molecular complexity index is 360. The molecule has 2 N–H and O–H groups in total. The first kappa shape index (κ1) is 21.0. The summed E-state index contributed by atoms with van der Waals surface area (Å²) in [7, 11) is 0. The van der Waals surface area contributed by atoms with Crippen LogP contribution in [-0.4, -0.2) is 30.5 Å². The van der Waals surface area contributed by atoms with Gasteiger partial charge in [0.1, 0.15) is 5.40 Å². The molecule has 0 aliphatic rings. The molecule has 0 aromatic rings. The van der Waals surface area contributed by atoms with Crippen LogP contribution < -0.4 is 10.6 Å². The molecule has 0 radical (unpaired) electrons. The van der Waals surface area contributed by atoms with Crippen LogP contribution in [0.4, 0.5) is 0 Å². The van der Waals surface area contributed by atoms with Gasteiger partial charge in [0.05, 0.1) is 11.0 Å². The lowest BCUT2D eigenvalue weighted by atomic mass is 10.2. The third-order valence-corrected chi connectivity index (χ3v) is 3.93. The number of thiocarbonyl (C=S) groups is 1. The molecule has 0 unspecified atom stereocenters. The van der Waals surface area contributed by atoms with Gasteiger partial charge in [-0.1, -0.05) is 32.3 Å². The molecular formula is C16H28N4S2. The van der Waals surface area contributed by atoms with E-state index >= 15 is 0 Å². The smallest absolute Gasteiger partial charge is 0.133 e. The van der Waals surface area contributed by atoms with Crippen molar-refractivity contribution in [3.63, 3.8) is 0 Å². The van der Waals surface area contributed by atoms with Gasteiger partial charge in [-0.25, -0.2) is 4.99 Å². The van der Waals surface area contributed by atoms with Crippen molar-refractivity contribution in [1.82, 2.24) is 10.6 Å². The Labute approximate surface area is 144 Å². The van der Waals surface area contributed by atoms with E-state index in [0.29, 0.717) is 0 Å². The van der Waals surface area contributed by atoms with Gasteiger partial charge < -0.3 is 10.6 Å². The van der Waals surface area contributed by atoms with Gasteiger partial charge >= 0.3 is 0 Å². The van der Waals surface area contributed by atoms with Crippen LogP contribution in [-0.2, 0) is 0 Å². The number of thiocyanates is 1. The van der Waals surface area contributed by atoms with Crippen LogP contribution in [0.25, 0.3) is 0 Å². The summed E-state index contributed by atoms with van der Waals surface area (Å²) in [6.45, 7) is 6.71. The first-order chi connectivity index (χ1) is 10.8. The Balaban J connectivity index is 3.19. The topological polar surface area (TPSA) is 60.2 Å². The van der Waals surface area contributed by atoms with E-state index in [2.05, 4.69) is 45.0 Å². The number of thioether (sulfide) groups is 1. The number of hydrogen-bond acceptors (Lipinski definition) is 6. The fourth-order valence-electron chi connectivity index (χ4n) is 1.95. The molecule has 0 heterocycles. The normalized spacial score (nSPS) is 9.59. The Morgan fingerprint density at radius 2 is 1.59 bits per heavy atom. The van der Waals surface area contributed by atoms with E-state index in [9.17, 15) is 0 Å². The zero-order chi connectivity index (χ0) is 16.3. The number of nitriles is 1. The maximum absolute atomic E-state index is 8.40. The lowest BCUT2D eigenvalue weighted by molar-refractivity contribution is 0.584. The van der Waals surface area contributed by atoms with E-state index in [-0.39, 0.29) is 0 Å². The van der Waals surface area contributed by atoms with Gasteiger partial charge in [-0.05, 0) is 49.7 Å². The number of nitrogens with one attached hydrogen (secondary N) is 2. The first-order valence-corrected chi connectivity index (χ1v) is 9.41. The number of nitrogens with zero attached hydrogens (tertiary/aromatic N) is 2. The third-order valence-electron chi connectivity index (χ3n) is 3.18. The van der Waals surface area contributed by atoms with Crippen LogP contribution in [0.5, 0.6) is 0 Å². The molecule has 0 spiro atoms. The minimum absolute atomic E-state index is 0.806. The minimum Gasteiger partial charge on any atom is -0.372 e. The van der Waals surface area contributed by atoms with Crippen molar-refractivity contribution in [2.75, 3.05) is 25.4 Å². The Kier molecular flexibility index (Phi) is 17.2. The summed E-state index contributed by atoms with van der Waals surface area (Å²) in [6.07, 6.45) is 9.32. The van der Waals surface area contributed by atoms with Gasteiger partial charge in [0, 0.05) is 25.4 Å². The SMILES string of the molecule is C=C(NCCCCCCN=C=S)NCCCCCCSC#N. The molecule has 0 aliphatic heterocycles. The molecule has 0 atom stereocenters. The molecule has 0 saturated heterocycles. The summed E-state index contributed by atoms with van der Waals surface area (Å²) in [5.74, 6) is 1.88. The predicted molar refractivity (Wildman–Crippen MR) is 100 cm³/mol. The van der Waals surface area contributed by atoms with Crippen LogP contribution in [0.2, 0.25) is 0 Å². The van der Waals surface area contributed by atoms with Gasteiger partial charge in [0.2, 0.25) is 0 Å². The number of isothiocyanates is 1. The fourth-order valence-corrected chi connectivity index (χ4v) is 2.49. The third kappa shape index (κ3) is 17.0. The van der Waals surface area contributed by atoms with Gasteiger partial charge in [-0.15, -0.1) is 0 Å². The second-order valence-corrected chi connectivity index (χ2v) is 6.14. The molecule has 0 fully saturated rings. The quantitative estimate of drug-likeness (QED) is 0.192. The van der Waals surface area contributed by atoms with Crippen molar-refractivity contribution in [3.05, 3.63) is 12.4 Å². The molecule has 0 amide bonds. The highest BCUT2D eigenvalue weighted by Gasteiger charge is 1.94. The van der Waals surface area contributed by atoms with Crippen LogP contribution >= 0.6 is 24.0 Å². The van der Waals surface area contributed by atoms with Crippen LogP contribution in [0.15, 0.2) is 17.4 Å². The largest absolute Gasteiger partial charge is 0.372 e. The van der Waals surface area contributed by atoms with Crippen LogP contribution in [0, 0.1) is 10.7 Å². The summed E-state index contributed by atoms with van der Waals surface area (Å²) in [4.78, 5) is 3.90. The van der Waals surface area contributed by atoms with E-state index in [1.54, 1.807) is 0 Å². The Morgan fingerprint density at radius 3 is 2.18 bits per heavy atom. The van der Waals surface area contributed by atoms with E-state index in [0.717, 1.165) is 56.9 Å². The zero-order valence-electron chi connectivity index (χ0n) is 13.4. The van der Waals surface area contributed by atoms with Crippen LogP contribution in [0.3, 0.4) is 0 Å². The number of unbranched alkanes of at least 4 members (excludes halogenated alkanes) is 6. The predicted octanol–water partition coefficient (Wildman–Crippen LogP) is 4.07. The van der Waals surface area contributed by atoms with Crippen molar-refractivity contribution in [2.45, 2.75) is 51.4 Å². The van der Waals surface area contributed by atoms with Crippen LogP contribution in [0.1, 0.15) is 51.4 Å². The Hall–Kier alpha value is -1.02. The monoisotopic (exact) mass is 340 g/mol. The number of aliphatic imine (C=N–C) groups is 1. The summed E-state index contributed by atoms with van der Waals surface area (Å²) < 4.78 is 0.